The van der Waals surface area contributed by atoms with Crippen LogP contribution in [0.25, 0.3) is 0 Å². The standard InChI is InChI=1S/C15H17NO4/c1-3-15-9-8-13(14(15,2)20-15)19-10-11-4-6-12(7-5-11)16(17)18/h3-7,13H,1,8-10H2,2H3/t13?,14-,15-/m0/s1. The molecule has 2 aliphatic rings. The van der Waals surface area contributed by atoms with Gasteiger partial charge in [0.2, 0.25) is 0 Å². The summed E-state index contributed by atoms with van der Waals surface area (Å²) in [5, 5.41) is 10.6. The number of benzene rings is 1. The number of rotatable bonds is 5. The van der Waals surface area contributed by atoms with Gasteiger partial charge in [0.15, 0.2) is 0 Å². The number of ether oxygens (including phenoxy) is 2. The summed E-state index contributed by atoms with van der Waals surface area (Å²) in [7, 11) is 0. The molecule has 5 nitrogen and oxygen atoms in total. The molecule has 1 heterocycles. The van der Waals surface area contributed by atoms with Gasteiger partial charge < -0.3 is 9.47 Å². The lowest BCUT2D eigenvalue weighted by atomic mass is 9.97. The van der Waals surface area contributed by atoms with Gasteiger partial charge in [0, 0.05) is 12.1 Å². The highest BCUT2D eigenvalue weighted by Gasteiger charge is 2.73. The molecule has 1 aliphatic carbocycles. The molecule has 1 aromatic rings. The molecule has 0 bridgehead atoms. The van der Waals surface area contributed by atoms with Gasteiger partial charge in [0.25, 0.3) is 5.69 Å². The highest BCUT2D eigenvalue weighted by atomic mass is 16.7. The molecule has 1 aliphatic heterocycles. The van der Waals surface area contributed by atoms with E-state index in [2.05, 4.69) is 13.5 Å². The molecule has 5 heteroatoms. The molecule has 3 atom stereocenters. The van der Waals surface area contributed by atoms with Crippen LogP contribution < -0.4 is 0 Å². The van der Waals surface area contributed by atoms with Crippen molar-refractivity contribution >= 4 is 5.69 Å². The first kappa shape index (κ1) is 13.3. The lowest BCUT2D eigenvalue weighted by Gasteiger charge is -2.17. The second kappa shape index (κ2) is 4.40. The van der Waals surface area contributed by atoms with Crippen molar-refractivity contribution in [2.75, 3.05) is 0 Å². The highest BCUT2D eigenvalue weighted by Crippen LogP contribution is 2.61. The summed E-state index contributed by atoms with van der Waals surface area (Å²) in [4.78, 5) is 10.2. The summed E-state index contributed by atoms with van der Waals surface area (Å²) >= 11 is 0. The van der Waals surface area contributed by atoms with E-state index in [0.717, 1.165) is 18.4 Å². The Labute approximate surface area is 117 Å². The SMILES string of the molecule is C=C[C@]12CCC(OCc3ccc([N+](=O)[O-])cc3)[C@]1(C)O2. The normalized spacial score (nSPS) is 34.5. The number of epoxide rings is 1. The summed E-state index contributed by atoms with van der Waals surface area (Å²) in [6, 6.07) is 6.45. The van der Waals surface area contributed by atoms with Crippen molar-refractivity contribution in [3.05, 3.63) is 52.6 Å². The minimum atomic E-state index is -0.404. The van der Waals surface area contributed by atoms with Gasteiger partial charge in [-0.25, -0.2) is 0 Å². The Hall–Kier alpha value is -1.72. The van der Waals surface area contributed by atoms with E-state index in [-0.39, 0.29) is 23.0 Å². The fourth-order valence-electron chi connectivity index (χ4n) is 3.11. The van der Waals surface area contributed by atoms with Crippen LogP contribution in [0.1, 0.15) is 25.3 Å². The lowest BCUT2D eigenvalue weighted by Crippen LogP contribution is -2.28. The van der Waals surface area contributed by atoms with E-state index in [1.807, 2.05) is 6.08 Å². The van der Waals surface area contributed by atoms with Crippen LogP contribution in [0.5, 0.6) is 0 Å². The minimum absolute atomic E-state index is 0.0516. The highest BCUT2D eigenvalue weighted by molar-refractivity contribution is 5.33. The number of nitro benzene ring substituents is 1. The molecule has 20 heavy (non-hydrogen) atoms. The van der Waals surface area contributed by atoms with Crippen molar-refractivity contribution in [2.45, 2.75) is 43.7 Å². The molecule has 2 fully saturated rings. The summed E-state index contributed by atoms with van der Waals surface area (Å²) in [6.45, 7) is 6.33. The van der Waals surface area contributed by atoms with Crippen molar-refractivity contribution in [1.82, 2.24) is 0 Å². The van der Waals surface area contributed by atoms with Crippen LogP contribution >= 0.6 is 0 Å². The van der Waals surface area contributed by atoms with E-state index in [1.54, 1.807) is 12.1 Å². The van der Waals surface area contributed by atoms with Crippen molar-refractivity contribution in [2.24, 2.45) is 0 Å². The zero-order valence-corrected chi connectivity index (χ0v) is 11.4. The predicted octanol–water partition coefficient (Wildman–Crippen LogP) is 2.99. The number of nitrogens with zero attached hydrogens (tertiary/aromatic N) is 1. The predicted molar refractivity (Wildman–Crippen MR) is 73.3 cm³/mol. The van der Waals surface area contributed by atoms with E-state index >= 15 is 0 Å². The van der Waals surface area contributed by atoms with Gasteiger partial charge in [0.05, 0.1) is 17.6 Å². The Balaban J connectivity index is 1.61. The van der Waals surface area contributed by atoms with Crippen molar-refractivity contribution in [3.63, 3.8) is 0 Å². The van der Waals surface area contributed by atoms with Gasteiger partial charge in [0.1, 0.15) is 11.2 Å². The van der Waals surface area contributed by atoms with Crippen LogP contribution in [-0.4, -0.2) is 22.2 Å². The first-order valence-electron chi connectivity index (χ1n) is 6.69. The Morgan fingerprint density at radius 1 is 1.55 bits per heavy atom. The summed E-state index contributed by atoms with van der Waals surface area (Å²) in [5.74, 6) is 0. The zero-order chi connectivity index (χ0) is 14.4. The number of hydrogen-bond acceptors (Lipinski definition) is 4. The largest absolute Gasteiger partial charge is 0.370 e. The van der Waals surface area contributed by atoms with Crippen molar-refractivity contribution < 1.29 is 14.4 Å². The summed E-state index contributed by atoms with van der Waals surface area (Å²) < 4.78 is 11.7. The van der Waals surface area contributed by atoms with E-state index in [1.165, 1.54) is 12.1 Å². The molecule has 1 saturated carbocycles. The first-order chi connectivity index (χ1) is 9.51. The maximum absolute atomic E-state index is 10.6. The Morgan fingerprint density at radius 3 is 2.75 bits per heavy atom. The number of hydrogen-bond donors (Lipinski definition) is 0. The Bertz CT molecular complexity index is 551. The van der Waals surface area contributed by atoms with Gasteiger partial charge in [-0.15, -0.1) is 6.58 Å². The molecule has 1 unspecified atom stereocenters. The average molecular weight is 275 g/mol. The third-order valence-corrected chi connectivity index (χ3v) is 4.51. The molecule has 1 aromatic carbocycles. The van der Waals surface area contributed by atoms with Crippen LogP contribution in [0.3, 0.4) is 0 Å². The second-order valence-corrected chi connectivity index (χ2v) is 5.56. The third-order valence-electron chi connectivity index (χ3n) is 4.51. The topological polar surface area (TPSA) is 64.9 Å². The molecule has 3 rings (SSSR count). The van der Waals surface area contributed by atoms with E-state index < -0.39 is 4.92 Å². The fraction of sp³-hybridized carbons (Fsp3) is 0.467. The van der Waals surface area contributed by atoms with Crippen LogP contribution in [0, 0.1) is 10.1 Å². The van der Waals surface area contributed by atoms with Gasteiger partial charge in [-0.05, 0) is 37.5 Å². The molecule has 0 radical (unpaired) electrons. The fourth-order valence-corrected chi connectivity index (χ4v) is 3.11. The Morgan fingerprint density at radius 2 is 2.25 bits per heavy atom. The smallest absolute Gasteiger partial charge is 0.269 e. The van der Waals surface area contributed by atoms with Crippen LogP contribution in [-0.2, 0) is 16.1 Å². The summed E-state index contributed by atoms with van der Waals surface area (Å²) in [6.07, 6.45) is 3.83. The molecule has 1 saturated heterocycles. The quantitative estimate of drug-likeness (QED) is 0.358. The maximum Gasteiger partial charge on any atom is 0.269 e. The molecule has 106 valence electrons. The molecule has 0 N–H and O–H groups in total. The van der Waals surface area contributed by atoms with E-state index in [9.17, 15) is 10.1 Å². The molecular weight excluding hydrogens is 258 g/mol. The number of non-ortho nitro benzene ring substituents is 1. The molecule has 0 amide bonds. The minimum Gasteiger partial charge on any atom is -0.370 e. The van der Waals surface area contributed by atoms with Gasteiger partial charge in [-0.3, -0.25) is 10.1 Å². The van der Waals surface area contributed by atoms with Crippen molar-refractivity contribution in [1.29, 1.82) is 0 Å². The van der Waals surface area contributed by atoms with Crippen LogP contribution in [0.2, 0.25) is 0 Å². The Kier molecular flexibility index (Phi) is 2.92. The second-order valence-electron chi connectivity index (χ2n) is 5.56. The van der Waals surface area contributed by atoms with E-state index in [0.29, 0.717) is 6.61 Å². The molecule has 0 aromatic heterocycles. The molecular formula is C15H17NO4. The lowest BCUT2D eigenvalue weighted by molar-refractivity contribution is -0.384. The monoisotopic (exact) mass is 275 g/mol. The van der Waals surface area contributed by atoms with Crippen LogP contribution in [0.15, 0.2) is 36.9 Å². The van der Waals surface area contributed by atoms with Gasteiger partial charge in [-0.1, -0.05) is 6.08 Å². The van der Waals surface area contributed by atoms with Gasteiger partial charge in [-0.2, -0.15) is 0 Å². The summed E-state index contributed by atoms with van der Waals surface area (Å²) in [5.41, 5.74) is 0.566. The van der Waals surface area contributed by atoms with E-state index in [4.69, 9.17) is 9.47 Å². The number of fused-ring (bicyclic) bond motifs is 1. The molecule has 0 spiro atoms. The maximum atomic E-state index is 10.6. The third kappa shape index (κ3) is 1.85. The first-order valence-corrected chi connectivity index (χ1v) is 6.69. The average Bonchev–Trinajstić information content (AvgIpc) is 2.96. The number of nitro groups is 1. The van der Waals surface area contributed by atoms with Gasteiger partial charge >= 0.3 is 0 Å². The zero-order valence-electron chi connectivity index (χ0n) is 11.4. The van der Waals surface area contributed by atoms with Crippen molar-refractivity contribution in [3.8, 4) is 0 Å². The van der Waals surface area contributed by atoms with Crippen LogP contribution in [0.4, 0.5) is 5.69 Å².